The van der Waals surface area contributed by atoms with Crippen molar-refractivity contribution in [3.05, 3.63) is 230 Å². The molecule has 0 amide bonds. The smallest absolute Gasteiger partial charge is 0.102 e. The highest BCUT2D eigenvalue weighted by molar-refractivity contribution is 6.14. The van der Waals surface area contributed by atoms with E-state index >= 15 is 0 Å². The predicted octanol–water partition coefficient (Wildman–Crippen LogP) is 15.5. The Morgan fingerprint density at radius 2 is 0.441 bits per heavy atom. The molecule has 10 aromatic carbocycles. The fraction of sp³-hybridized carbons (Fsp3) is 0. The van der Waals surface area contributed by atoms with Gasteiger partial charge in [0.1, 0.15) is 12.1 Å². The maximum Gasteiger partial charge on any atom is 0.102 e. The van der Waals surface area contributed by atoms with Gasteiger partial charge in [-0.15, -0.1) is 0 Å². The molecule has 4 heterocycles. The van der Waals surface area contributed by atoms with Crippen LogP contribution in [0.15, 0.2) is 218 Å². The van der Waals surface area contributed by atoms with Gasteiger partial charge in [0.15, 0.2) is 0 Å². The van der Waals surface area contributed by atoms with Crippen molar-refractivity contribution >= 4 is 87.2 Å². The van der Waals surface area contributed by atoms with E-state index in [0.717, 1.165) is 110 Å². The molecule has 0 radical (unpaired) electrons. The summed E-state index contributed by atoms with van der Waals surface area (Å²) < 4.78 is 9.12. The van der Waals surface area contributed by atoms with Crippen molar-refractivity contribution < 1.29 is 0 Å². The molecule has 0 aliphatic carbocycles. The zero-order valence-electron chi connectivity index (χ0n) is 36.5. The van der Waals surface area contributed by atoms with Crippen LogP contribution >= 0.6 is 0 Å². The molecule has 0 bridgehead atoms. The molecule has 6 heteroatoms. The number of aromatic nitrogens is 4. The summed E-state index contributed by atoms with van der Waals surface area (Å²) in [6.07, 6.45) is 0. The fourth-order valence-electron chi connectivity index (χ4n) is 11.3. The molecule has 0 spiro atoms. The summed E-state index contributed by atoms with van der Waals surface area (Å²) in [6.45, 7) is 0. The first-order chi connectivity index (χ1) is 33.7. The Labute approximate surface area is 389 Å². The van der Waals surface area contributed by atoms with Crippen LogP contribution < -0.4 is 0 Å². The van der Waals surface area contributed by atoms with Crippen LogP contribution in [0.5, 0.6) is 0 Å². The van der Waals surface area contributed by atoms with Crippen LogP contribution in [0.4, 0.5) is 0 Å². The first-order valence-corrected chi connectivity index (χ1v) is 22.8. The fourth-order valence-corrected chi connectivity index (χ4v) is 11.3. The van der Waals surface area contributed by atoms with E-state index in [9.17, 15) is 10.5 Å². The lowest BCUT2D eigenvalue weighted by molar-refractivity contribution is 1.08. The van der Waals surface area contributed by atoms with Gasteiger partial charge in [0.25, 0.3) is 0 Å². The van der Waals surface area contributed by atoms with E-state index < -0.39 is 0 Å². The van der Waals surface area contributed by atoms with Gasteiger partial charge in [-0.2, -0.15) is 10.5 Å². The molecule has 6 nitrogen and oxygen atoms in total. The number of nitrogens with zero attached hydrogens (tertiary/aromatic N) is 6. The number of benzene rings is 10. The molecule has 14 aromatic rings. The molecule has 4 aromatic heterocycles. The molecular formula is C62H36N6. The van der Waals surface area contributed by atoms with E-state index in [4.69, 9.17) is 0 Å². The summed E-state index contributed by atoms with van der Waals surface area (Å²) in [5.74, 6) is 0. The SMILES string of the molecule is N#Cc1c(-c2ccc(-n3c4ccccc4c4ccccc43)c(-n3c4ccccc4c4ccccc43)c2C#N)ccc(-n2c3ccccc3c3ccccc32)c1-n1c2ccccc2c2ccccc21. The van der Waals surface area contributed by atoms with Gasteiger partial charge in [-0.25, -0.2) is 0 Å². The maximum absolute atomic E-state index is 11.9. The van der Waals surface area contributed by atoms with E-state index in [1.807, 2.05) is 0 Å². The Kier molecular flexibility index (Phi) is 8.01. The number of hydrogen-bond acceptors (Lipinski definition) is 2. The monoisotopic (exact) mass is 864 g/mol. The third-order valence-corrected chi connectivity index (χ3v) is 14.1. The van der Waals surface area contributed by atoms with E-state index in [0.29, 0.717) is 22.3 Å². The van der Waals surface area contributed by atoms with Crippen molar-refractivity contribution in [1.82, 2.24) is 18.3 Å². The molecule has 68 heavy (non-hydrogen) atoms. The van der Waals surface area contributed by atoms with Crippen LogP contribution in [-0.4, -0.2) is 18.3 Å². The van der Waals surface area contributed by atoms with Crippen LogP contribution in [0.3, 0.4) is 0 Å². The summed E-state index contributed by atoms with van der Waals surface area (Å²) in [5, 5.41) is 32.7. The highest BCUT2D eigenvalue weighted by Crippen LogP contribution is 2.46. The Hall–Kier alpha value is -9.62. The van der Waals surface area contributed by atoms with Crippen LogP contribution in [0.25, 0.3) is 121 Å². The largest absolute Gasteiger partial charge is 0.307 e. The van der Waals surface area contributed by atoms with Gasteiger partial charge in [-0.3, -0.25) is 0 Å². The van der Waals surface area contributed by atoms with Crippen molar-refractivity contribution in [2.75, 3.05) is 0 Å². The van der Waals surface area contributed by atoms with Gasteiger partial charge < -0.3 is 18.3 Å². The van der Waals surface area contributed by atoms with E-state index in [1.54, 1.807) is 0 Å². The minimum absolute atomic E-state index is 0.463. The van der Waals surface area contributed by atoms with Gasteiger partial charge >= 0.3 is 0 Å². The molecule has 0 atom stereocenters. The van der Waals surface area contributed by atoms with Crippen molar-refractivity contribution in [2.45, 2.75) is 0 Å². The number of nitriles is 2. The Balaban J connectivity index is 1.16. The number of fused-ring (bicyclic) bond motifs is 12. The van der Waals surface area contributed by atoms with Crippen LogP contribution in [0.2, 0.25) is 0 Å². The number of hydrogen-bond donors (Lipinski definition) is 0. The van der Waals surface area contributed by atoms with Gasteiger partial charge in [-0.1, -0.05) is 158 Å². The predicted molar refractivity (Wildman–Crippen MR) is 279 cm³/mol. The normalized spacial score (nSPS) is 11.8. The summed E-state index contributed by atoms with van der Waals surface area (Å²) >= 11 is 0. The molecule has 0 saturated carbocycles. The quantitative estimate of drug-likeness (QED) is 0.173. The maximum atomic E-state index is 11.9. The lowest BCUT2D eigenvalue weighted by Crippen LogP contribution is -2.09. The molecule has 14 rings (SSSR count). The highest BCUT2D eigenvalue weighted by Gasteiger charge is 2.29. The first kappa shape index (κ1) is 37.7. The number of para-hydroxylation sites is 8. The Bertz CT molecular complexity index is 4030. The molecule has 0 N–H and O–H groups in total. The molecule has 314 valence electrons. The number of rotatable bonds is 5. The first-order valence-electron chi connectivity index (χ1n) is 22.8. The van der Waals surface area contributed by atoms with Crippen LogP contribution in [-0.2, 0) is 0 Å². The van der Waals surface area contributed by atoms with E-state index in [1.165, 1.54) is 0 Å². The molecule has 0 aliphatic heterocycles. The minimum atomic E-state index is 0.463. The van der Waals surface area contributed by atoms with E-state index in [2.05, 4.69) is 249 Å². The average Bonchev–Trinajstić information content (AvgIpc) is 4.13. The molecule has 0 saturated heterocycles. The second-order valence-electron chi connectivity index (χ2n) is 17.4. The van der Waals surface area contributed by atoms with Gasteiger partial charge in [0.05, 0.1) is 78.0 Å². The lowest BCUT2D eigenvalue weighted by atomic mass is 9.92. The summed E-state index contributed by atoms with van der Waals surface area (Å²) in [7, 11) is 0. The van der Waals surface area contributed by atoms with Gasteiger partial charge in [-0.05, 0) is 60.7 Å². The Morgan fingerprint density at radius 1 is 0.235 bits per heavy atom. The summed E-state index contributed by atoms with van der Waals surface area (Å²) in [5.41, 5.74) is 13.5. The second-order valence-corrected chi connectivity index (χ2v) is 17.4. The third kappa shape index (κ3) is 5.09. The zero-order chi connectivity index (χ0) is 45.0. The standard InChI is InChI=1S/C62H36N6/c63-37-49-39(33-35-59(65-51-25-9-1-17-41(51)42-18-2-10-26-52(42)65)61(49)67-55-29-13-5-21-45(55)46-22-6-14-30-56(46)67)40-34-36-60(66-53-27-11-3-19-43(53)44-20-4-12-28-54(44)66)62(50(40)38-64)68-57-31-15-7-23-47(57)48-24-8-16-32-58(48)68/h1-36H. The van der Waals surface area contributed by atoms with Crippen molar-refractivity contribution in [3.8, 4) is 46.0 Å². The van der Waals surface area contributed by atoms with Crippen LogP contribution in [0, 0.1) is 22.7 Å². The summed E-state index contributed by atoms with van der Waals surface area (Å²) in [6, 6.07) is 81.6. The third-order valence-electron chi connectivity index (χ3n) is 14.1. The van der Waals surface area contributed by atoms with Crippen molar-refractivity contribution in [2.24, 2.45) is 0 Å². The highest BCUT2D eigenvalue weighted by atomic mass is 15.1. The molecule has 0 aliphatic rings. The Morgan fingerprint density at radius 3 is 0.662 bits per heavy atom. The van der Waals surface area contributed by atoms with Gasteiger partial charge in [0, 0.05) is 54.2 Å². The molecule has 0 unspecified atom stereocenters. The van der Waals surface area contributed by atoms with E-state index in [-0.39, 0.29) is 0 Å². The van der Waals surface area contributed by atoms with Crippen LogP contribution in [0.1, 0.15) is 11.1 Å². The zero-order valence-corrected chi connectivity index (χ0v) is 36.5. The molecular weight excluding hydrogens is 829 g/mol. The summed E-state index contributed by atoms with van der Waals surface area (Å²) in [4.78, 5) is 0. The lowest BCUT2D eigenvalue weighted by Gasteiger charge is -2.23. The minimum Gasteiger partial charge on any atom is -0.307 e. The molecule has 0 fully saturated rings. The van der Waals surface area contributed by atoms with Gasteiger partial charge in [0.2, 0.25) is 0 Å². The van der Waals surface area contributed by atoms with Crippen molar-refractivity contribution in [1.29, 1.82) is 10.5 Å². The average molecular weight is 865 g/mol. The second kappa shape index (κ2) is 14.4. The topological polar surface area (TPSA) is 67.3 Å². The van der Waals surface area contributed by atoms with Crippen molar-refractivity contribution in [3.63, 3.8) is 0 Å².